The summed E-state index contributed by atoms with van der Waals surface area (Å²) >= 11 is 0. The highest BCUT2D eigenvalue weighted by Gasteiger charge is 2.20. The number of carbonyl (C=O) groups excluding carboxylic acids is 1. The maximum atomic E-state index is 11.4. The van der Waals surface area contributed by atoms with Gasteiger partial charge in [-0.25, -0.2) is 9.48 Å². The molecule has 0 spiro atoms. The van der Waals surface area contributed by atoms with E-state index in [-0.39, 0.29) is 12.2 Å². The second-order valence-electron chi connectivity index (χ2n) is 4.94. The van der Waals surface area contributed by atoms with Crippen LogP contribution in [0.2, 0.25) is 0 Å². The monoisotopic (exact) mass is 278 g/mol. The lowest BCUT2D eigenvalue weighted by Gasteiger charge is -2.24. The number of carbonyl (C=O) groups is 1. The third kappa shape index (κ3) is 3.28. The van der Waals surface area contributed by atoms with Crippen LogP contribution in [0.3, 0.4) is 0 Å². The number of ether oxygens (including phenoxy) is 2. The van der Waals surface area contributed by atoms with Gasteiger partial charge in [-0.3, -0.25) is 0 Å². The molecule has 0 saturated carbocycles. The van der Waals surface area contributed by atoms with E-state index in [9.17, 15) is 4.79 Å². The predicted octanol–water partition coefficient (Wildman–Crippen LogP) is 2.78. The Kier molecular flexibility index (Phi) is 4.95. The number of hydrogen-bond acceptors (Lipinski definition) is 4. The fourth-order valence-electron chi connectivity index (χ4n) is 2.46. The fraction of sp³-hybridized carbons (Fsp3) is 0.600. The number of hydrogen-bond donors (Lipinski definition) is 0. The number of esters is 1. The molecule has 1 aliphatic heterocycles. The van der Waals surface area contributed by atoms with E-state index in [4.69, 9.17) is 9.47 Å². The van der Waals surface area contributed by atoms with E-state index >= 15 is 0 Å². The van der Waals surface area contributed by atoms with E-state index in [0.29, 0.717) is 6.61 Å². The summed E-state index contributed by atoms with van der Waals surface area (Å²) in [6.07, 6.45) is 6.51. The average Bonchev–Trinajstić information content (AvgIpc) is 2.73. The van der Waals surface area contributed by atoms with Crippen molar-refractivity contribution in [2.75, 3.05) is 13.2 Å². The molecule has 0 amide bonds. The first-order valence-corrected chi connectivity index (χ1v) is 7.15. The molecule has 5 nitrogen and oxygen atoms in total. The van der Waals surface area contributed by atoms with Gasteiger partial charge in [-0.1, -0.05) is 0 Å². The summed E-state index contributed by atoms with van der Waals surface area (Å²) in [5.74, 6) is -0.326. The second kappa shape index (κ2) is 6.70. The van der Waals surface area contributed by atoms with E-state index in [1.807, 2.05) is 18.5 Å². The van der Waals surface area contributed by atoms with Crippen molar-refractivity contribution in [1.82, 2.24) is 9.78 Å². The molecule has 0 bridgehead atoms. The Labute approximate surface area is 119 Å². The Bertz CT molecular complexity index is 499. The number of rotatable bonds is 4. The molecule has 1 aromatic heterocycles. The van der Waals surface area contributed by atoms with Crippen LogP contribution in [0.5, 0.6) is 0 Å². The quantitative estimate of drug-likeness (QED) is 0.627. The van der Waals surface area contributed by atoms with Crippen LogP contribution in [0.4, 0.5) is 0 Å². The molecular formula is C15H22N2O3. The fourth-order valence-corrected chi connectivity index (χ4v) is 2.46. The molecule has 1 unspecified atom stereocenters. The van der Waals surface area contributed by atoms with Crippen LogP contribution in [-0.2, 0) is 14.3 Å². The van der Waals surface area contributed by atoms with Crippen molar-refractivity contribution >= 4 is 12.0 Å². The van der Waals surface area contributed by atoms with Crippen LogP contribution in [0.1, 0.15) is 49.4 Å². The Hall–Kier alpha value is -1.62. The van der Waals surface area contributed by atoms with Crippen LogP contribution >= 0.6 is 0 Å². The van der Waals surface area contributed by atoms with Gasteiger partial charge in [0.1, 0.15) is 6.23 Å². The third-order valence-corrected chi connectivity index (χ3v) is 3.48. The van der Waals surface area contributed by atoms with Crippen molar-refractivity contribution in [3.63, 3.8) is 0 Å². The smallest absolute Gasteiger partial charge is 0.330 e. The number of aryl methyl sites for hydroxylation is 1. The lowest BCUT2D eigenvalue weighted by molar-refractivity contribution is -0.137. The molecule has 1 atom stereocenters. The molecule has 1 saturated heterocycles. The first-order valence-electron chi connectivity index (χ1n) is 7.15. The normalized spacial score (nSPS) is 19.4. The summed E-state index contributed by atoms with van der Waals surface area (Å²) in [6.45, 7) is 6.91. The van der Waals surface area contributed by atoms with Gasteiger partial charge >= 0.3 is 5.97 Å². The minimum Gasteiger partial charge on any atom is -0.463 e. The highest BCUT2D eigenvalue weighted by molar-refractivity contribution is 5.87. The van der Waals surface area contributed by atoms with Crippen molar-refractivity contribution in [2.24, 2.45) is 0 Å². The van der Waals surface area contributed by atoms with Crippen molar-refractivity contribution in [3.05, 3.63) is 23.0 Å². The SMILES string of the molecule is CCOC(=O)/C=C/c1c(C)nn(C2CCCCO2)c1C. The minimum absolute atomic E-state index is 0.0205. The van der Waals surface area contributed by atoms with Crippen molar-refractivity contribution in [1.29, 1.82) is 0 Å². The maximum Gasteiger partial charge on any atom is 0.330 e. The van der Waals surface area contributed by atoms with Crippen LogP contribution in [-0.4, -0.2) is 29.0 Å². The molecule has 20 heavy (non-hydrogen) atoms. The summed E-state index contributed by atoms with van der Waals surface area (Å²) in [7, 11) is 0. The molecule has 2 rings (SSSR count). The number of aromatic nitrogens is 2. The summed E-state index contributed by atoms with van der Waals surface area (Å²) in [6, 6.07) is 0. The second-order valence-corrected chi connectivity index (χ2v) is 4.94. The van der Waals surface area contributed by atoms with Crippen LogP contribution in [0.25, 0.3) is 6.08 Å². The summed E-state index contributed by atoms with van der Waals surface area (Å²) in [5.41, 5.74) is 2.89. The molecule has 110 valence electrons. The van der Waals surface area contributed by atoms with E-state index in [2.05, 4.69) is 5.10 Å². The molecule has 1 aliphatic rings. The maximum absolute atomic E-state index is 11.4. The van der Waals surface area contributed by atoms with E-state index in [1.54, 1.807) is 13.0 Å². The molecule has 0 aliphatic carbocycles. The van der Waals surface area contributed by atoms with Gasteiger partial charge in [-0.2, -0.15) is 5.10 Å². The Morgan fingerprint density at radius 3 is 2.95 bits per heavy atom. The lowest BCUT2D eigenvalue weighted by atomic mass is 10.1. The zero-order valence-electron chi connectivity index (χ0n) is 12.4. The van der Waals surface area contributed by atoms with Gasteiger partial charge in [0.15, 0.2) is 0 Å². The van der Waals surface area contributed by atoms with E-state index in [0.717, 1.165) is 42.8 Å². The molecule has 1 fully saturated rings. The molecular weight excluding hydrogens is 256 g/mol. The summed E-state index contributed by atoms with van der Waals surface area (Å²) < 4.78 is 12.6. The van der Waals surface area contributed by atoms with Gasteiger partial charge in [-0.15, -0.1) is 0 Å². The summed E-state index contributed by atoms with van der Waals surface area (Å²) in [4.78, 5) is 11.4. The molecule has 0 N–H and O–H groups in total. The van der Waals surface area contributed by atoms with Gasteiger partial charge in [0, 0.05) is 23.9 Å². The van der Waals surface area contributed by atoms with Gasteiger partial charge in [0.25, 0.3) is 0 Å². The Balaban J connectivity index is 2.18. The van der Waals surface area contributed by atoms with E-state index in [1.165, 1.54) is 6.08 Å². The lowest BCUT2D eigenvalue weighted by Crippen LogP contribution is -2.20. The highest BCUT2D eigenvalue weighted by Crippen LogP contribution is 2.26. The van der Waals surface area contributed by atoms with Crippen molar-refractivity contribution in [2.45, 2.75) is 46.3 Å². The first kappa shape index (κ1) is 14.8. The van der Waals surface area contributed by atoms with Gasteiger partial charge in [0.05, 0.1) is 12.3 Å². The third-order valence-electron chi connectivity index (χ3n) is 3.48. The molecule has 5 heteroatoms. The first-order chi connectivity index (χ1) is 9.63. The summed E-state index contributed by atoms with van der Waals surface area (Å²) in [5, 5.41) is 4.55. The van der Waals surface area contributed by atoms with Crippen LogP contribution in [0.15, 0.2) is 6.08 Å². The van der Waals surface area contributed by atoms with Gasteiger partial charge in [-0.05, 0) is 46.1 Å². The average molecular weight is 278 g/mol. The largest absolute Gasteiger partial charge is 0.463 e. The topological polar surface area (TPSA) is 53.3 Å². The Morgan fingerprint density at radius 1 is 1.50 bits per heavy atom. The van der Waals surface area contributed by atoms with Gasteiger partial charge < -0.3 is 9.47 Å². The molecule has 0 radical (unpaired) electrons. The zero-order chi connectivity index (χ0) is 14.5. The van der Waals surface area contributed by atoms with Crippen LogP contribution in [0, 0.1) is 13.8 Å². The molecule has 1 aromatic rings. The predicted molar refractivity (Wildman–Crippen MR) is 76.2 cm³/mol. The van der Waals surface area contributed by atoms with Gasteiger partial charge in [0.2, 0.25) is 0 Å². The van der Waals surface area contributed by atoms with Crippen LogP contribution < -0.4 is 0 Å². The van der Waals surface area contributed by atoms with Crippen molar-refractivity contribution < 1.29 is 14.3 Å². The van der Waals surface area contributed by atoms with E-state index < -0.39 is 0 Å². The molecule has 2 heterocycles. The molecule has 0 aromatic carbocycles. The number of nitrogens with zero attached hydrogens (tertiary/aromatic N) is 2. The van der Waals surface area contributed by atoms with Crippen molar-refractivity contribution in [3.8, 4) is 0 Å². The Morgan fingerprint density at radius 2 is 2.30 bits per heavy atom. The highest BCUT2D eigenvalue weighted by atomic mass is 16.5. The zero-order valence-corrected chi connectivity index (χ0v) is 12.4. The minimum atomic E-state index is -0.326. The standard InChI is InChI=1S/C15H22N2O3/c1-4-19-15(18)9-8-13-11(2)16-17(12(13)3)14-7-5-6-10-20-14/h8-9,14H,4-7,10H2,1-3H3/b9-8+.